The highest BCUT2D eigenvalue weighted by molar-refractivity contribution is 5.65. The Kier molecular flexibility index (Phi) is 4.07. The maximum atomic E-state index is 11.4. The van der Waals surface area contributed by atoms with Gasteiger partial charge in [0.25, 0.3) is 0 Å². The number of hydrogen-bond acceptors (Lipinski definition) is 3. The summed E-state index contributed by atoms with van der Waals surface area (Å²) in [6, 6.07) is 9.50. The van der Waals surface area contributed by atoms with E-state index in [4.69, 9.17) is 0 Å². The lowest BCUT2D eigenvalue weighted by Crippen LogP contribution is -2.44. The summed E-state index contributed by atoms with van der Waals surface area (Å²) in [7, 11) is 0. The van der Waals surface area contributed by atoms with E-state index >= 15 is 0 Å². The van der Waals surface area contributed by atoms with Gasteiger partial charge < -0.3 is 20.4 Å². The van der Waals surface area contributed by atoms with Crippen LogP contribution in [0.15, 0.2) is 30.3 Å². The Morgan fingerprint density at radius 2 is 2.16 bits per heavy atom. The van der Waals surface area contributed by atoms with Crippen molar-refractivity contribution in [1.29, 1.82) is 0 Å². The Bertz CT molecular complexity index is 438. The molecule has 0 aromatic heterocycles. The lowest BCUT2D eigenvalue weighted by Gasteiger charge is -2.32. The second-order valence-electron chi connectivity index (χ2n) is 5.42. The number of amides is 1. The molecule has 0 radical (unpaired) electrons. The first kappa shape index (κ1) is 13.8. The molecule has 0 aliphatic carbocycles. The molecular weight excluding hydrogens is 244 g/mol. The van der Waals surface area contributed by atoms with Crippen LogP contribution in [-0.2, 0) is 6.54 Å². The lowest BCUT2D eigenvalue weighted by atomic mass is 9.86. The number of carbonyl (C=O) groups is 1. The van der Waals surface area contributed by atoms with E-state index < -0.39 is 17.6 Å². The topological polar surface area (TPSA) is 72.8 Å². The van der Waals surface area contributed by atoms with Crippen LogP contribution in [0.4, 0.5) is 4.79 Å². The number of nitrogens with one attached hydrogen (secondary N) is 1. The summed E-state index contributed by atoms with van der Waals surface area (Å²) < 4.78 is 0. The molecule has 1 aromatic rings. The fourth-order valence-electron chi connectivity index (χ4n) is 2.45. The third-order valence-electron chi connectivity index (χ3n) is 3.71. The van der Waals surface area contributed by atoms with Gasteiger partial charge >= 0.3 is 6.09 Å². The van der Waals surface area contributed by atoms with Crippen LogP contribution >= 0.6 is 0 Å². The van der Waals surface area contributed by atoms with Crippen LogP contribution in [0.5, 0.6) is 0 Å². The van der Waals surface area contributed by atoms with Crippen molar-refractivity contribution in [3.05, 3.63) is 35.9 Å². The van der Waals surface area contributed by atoms with E-state index in [-0.39, 0.29) is 0 Å². The SMILES string of the molecule is CC1(CN(Cc2ccccc2)C(=O)O)CNCC1O. The second kappa shape index (κ2) is 5.59. The molecule has 0 bridgehead atoms. The Morgan fingerprint density at radius 1 is 1.47 bits per heavy atom. The van der Waals surface area contributed by atoms with Crippen molar-refractivity contribution in [2.75, 3.05) is 19.6 Å². The van der Waals surface area contributed by atoms with Gasteiger partial charge in [-0.05, 0) is 5.56 Å². The molecule has 1 aromatic carbocycles. The standard InChI is InChI=1S/C14H20N2O3/c1-14(9-15-7-12(14)17)10-16(13(18)19)8-11-5-3-2-4-6-11/h2-6,12,15,17H,7-10H2,1H3,(H,18,19). The predicted octanol–water partition coefficient (Wildman–Crippen LogP) is 1.14. The van der Waals surface area contributed by atoms with Crippen LogP contribution in [0.3, 0.4) is 0 Å². The molecule has 5 nitrogen and oxygen atoms in total. The molecule has 1 heterocycles. The maximum Gasteiger partial charge on any atom is 0.407 e. The smallest absolute Gasteiger partial charge is 0.407 e. The third-order valence-corrected chi connectivity index (χ3v) is 3.71. The number of aliphatic hydroxyl groups is 1. The first-order chi connectivity index (χ1) is 9.01. The monoisotopic (exact) mass is 264 g/mol. The summed E-state index contributed by atoms with van der Waals surface area (Å²) in [5.74, 6) is 0. The van der Waals surface area contributed by atoms with E-state index in [2.05, 4.69) is 5.32 Å². The number of carboxylic acid groups (broad SMARTS) is 1. The highest BCUT2D eigenvalue weighted by Crippen LogP contribution is 2.27. The van der Waals surface area contributed by atoms with E-state index in [0.29, 0.717) is 26.2 Å². The summed E-state index contributed by atoms with van der Waals surface area (Å²) in [5, 5.41) is 22.4. The molecule has 1 amide bonds. The molecule has 0 spiro atoms. The number of aliphatic hydroxyl groups excluding tert-OH is 1. The van der Waals surface area contributed by atoms with Crippen molar-refractivity contribution in [2.45, 2.75) is 19.6 Å². The molecule has 0 saturated carbocycles. The minimum absolute atomic E-state index is 0.325. The Morgan fingerprint density at radius 3 is 2.68 bits per heavy atom. The normalized spacial score (nSPS) is 26.3. The Labute approximate surface area is 112 Å². The molecule has 104 valence electrons. The number of β-amino-alcohol motifs (C(OH)–C–C–N with tert-alkyl or cyclic N) is 1. The number of nitrogens with zero attached hydrogens (tertiary/aromatic N) is 1. The van der Waals surface area contributed by atoms with Crippen LogP contribution < -0.4 is 5.32 Å². The van der Waals surface area contributed by atoms with Crippen molar-refractivity contribution in [1.82, 2.24) is 10.2 Å². The van der Waals surface area contributed by atoms with Crippen LogP contribution in [0.2, 0.25) is 0 Å². The van der Waals surface area contributed by atoms with Crippen LogP contribution in [0.25, 0.3) is 0 Å². The fourth-order valence-corrected chi connectivity index (χ4v) is 2.45. The van der Waals surface area contributed by atoms with Gasteiger partial charge in [0, 0.05) is 31.6 Å². The van der Waals surface area contributed by atoms with Crippen LogP contribution in [0, 0.1) is 5.41 Å². The quantitative estimate of drug-likeness (QED) is 0.762. The first-order valence-corrected chi connectivity index (χ1v) is 6.42. The van der Waals surface area contributed by atoms with Crippen molar-refractivity contribution >= 4 is 6.09 Å². The molecule has 1 saturated heterocycles. The maximum absolute atomic E-state index is 11.4. The highest BCUT2D eigenvalue weighted by atomic mass is 16.4. The average Bonchev–Trinajstić information content (AvgIpc) is 2.70. The molecule has 19 heavy (non-hydrogen) atoms. The van der Waals surface area contributed by atoms with Gasteiger partial charge in [-0.15, -0.1) is 0 Å². The fraction of sp³-hybridized carbons (Fsp3) is 0.500. The van der Waals surface area contributed by atoms with Gasteiger partial charge in [0.2, 0.25) is 0 Å². The third kappa shape index (κ3) is 3.24. The zero-order valence-corrected chi connectivity index (χ0v) is 11.0. The highest BCUT2D eigenvalue weighted by Gasteiger charge is 2.40. The van der Waals surface area contributed by atoms with Gasteiger partial charge in [0.1, 0.15) is 0 Å². The molecular formula is C14H20N2O3. The van der Waals surface area contributed by atoms with Crippen LogP contribution in [-0.4, -0.2) is 46.9 Å². The molecule has 5 heteroatoms. The van der Waals surface area contributed by atoms with Gasteiger partial charge in [-0.2, -0.15) is 0 Å². The molecule has 1 aliphatic rings. The lowest BCUT2D eigenvalue weighted by molar-refractivity contribution is 0.0466. The molecule has 2 atom stereocenters. The largest absolute Gasteiger partial charge is 0.465 e. The summed E-state index contributed by atoms with van der Waals surface area (Å²) in [4.78, 5) is 12.7. The minimum atomic E-state index is -0.954. The van der Waals surface area contributed by atoms with E-state index in [0.717, 1.165) is 5.56 Å². The van der Waals surface area contributed by atoms with Gasteiger partial charge in [-0.1, -0.05) is 37.3 Å². The summed E-state index contributed by atoms with van der Waals surface area (Å²) in [6.07, 6.45) is -1.46. The molecule has 1 aliphatic heterocycles. The van der Waals surface area contributed by atoms with E-state index in [9.17, 15) is 15.0 Å². The van der Waals surface area contributed by atoms with Gasteiger partial charge in [-0.3, -0.25) is 0 Å². The van der Waals surface area contributed by atoms with Crippen molar-refractivity contribution in [2.24, 2.45) is 5.41 Å². The zero-order valence-electron chi connectivity index (χ0n) is 11.0. The van der Waals surface area contributed by atoms with Crippen molar-refractivity contribution in [3.8, 4) is 0 Å². The van der Waals surface area contributed by atoms with Crippen molar-refractivity contribution < 1.29 is 15.0 Å². The van der Waals surface area contributed by atoms with Crippen LogP contribution in [0.1, 0.15) is 12.5 Å². The molecule has 2 rings (SSSR count). The summed E-state index contributed by atoms with van der Waals surface area (Å²) in [5.41, 5.74) is 0.529. The Balaban J connectivity index is 2.07. The van der Waals surface area contributed by atoms with E-state index in [1.54, 1.807) is 0 Å². The Hall–Kier alpha value is -1.59. The predicted molar refractivity (Wildman–Crippen MR) is 71.9 cm³/mol. The number of benzene rings is 1. The van der Waals surface area contributed by atoms with E-state index in [1.165, 1.54) is 4.90 Å². The number of hydrogen-bond donors (Lipinski definition) is 3. The summed E-state index contributed by atoms with van der Waals surface area (Å²) in [6.45, 7) is 3.74. The van der Waals surface area contributed by atoms with Gasteiger partial charge in [0.15, 0.2) is 0 Å². The average molecular weight is 264 g/mol. The summed E-state index contributed by atoms with van der Waals surface area (Å²) >= 11 is 0. The van der Waals surface area contributed by atoms with Gasteiger partial charge in [0.05, 0.1) is 6.10 Å². The first-order valence-electron chi connectivity index (χ1n) is 6.42. The number of rotatable bonds is 4. The second-order valence-corrected chi connectivity index (χ2v) is 5.42. The molecule has 1 fully saturated rings. The van der Waals surface area contributed by atoms with E-state index in [1.807, 2.05) is 37.3 Å². The zero-order chi connectivity index (χ0) is 13.9. The van der Waals surface area contributed by atoms with Gasteiger partial charge in [-0.25, -0.2) is 4.79 Å². The van der Waals surface area contributed by atoms with Crippen molar-refractivity contribution in [3.63, 3.8) is 0 Å². The molecule has 2 unspecified atom stereocenters. The molecule has 3 N–H and O–H groups in total. The minimum Gasteiger partial charge on any atom is -0.465 e.